The Hall–Kier alpha value is -3.36. The lowest BCUT2D eigenvalue weighted by Gasteiger charge is -2.12. The van der Waals surface area contributed by atoms with Crippen LogP contribution in [0.3, 0.4) is 0 Å². The average molecular weight is 474 g/mol. The Morgan fingerprint density at radius 3 is 2.44 bits per heavy atom. The molecule has 0 spiro atoms. The van der Waals surface area contributed by atoms with E-state index in [1.807, 2.05) is 0 Å². The maximum atomic E-state index is 13.0. The van der Waals surface area contributed by atoms with Crippen molar-refractivity contribution in [2.24, 2.45) is 0 Å². The first-order valence-corrected chi connectivity index (χ1v) is 10.1. The fraction of sp³-hybridized carbons (Fsp3) is 0.0455. The van der Waals surface area contributed by atoms with Crippen LogP contribution in [0.15, 0.2) is 73.2 Å². The van der Waals surface area contributed by atoms with Gasteiger partial charge in [0.2, 0.25) is 0 Å². The summed E-state index contributed by atoms with van der Waals surface area (Å²) in [5, 5.41) is 5.31. The second-order valence-electron chi connectivity index (χ2n) is 6.89. The number of fused-ring (bicyclic) bond motifs is 1. The number of benzene rings is 2. The van der Waals surface area contributed by atoms with E-state index in [9.17, 15) is 13.2 Å². The van der Waals surface area contributed by atoms with Crippen molar-refractivity contribution >= 4 is 28.8 Å². The van der Waals surface area contributed by atoms with Crippen molar-refractivity contribution in [2.75, 3.05) is 0 Å². The fourth-order valence-electron chi connectivity index (χ4n) is 3.45. The normalized spacial score (nSPS) is 11.9. The van der Waals surface area contributed by atoms with E-state index in [1.165, 1.54) is 12.1 Å². The molecular formula is C22H12Cl2F3N5. The zero-order chi connectivity index (χ0) is 22.5. The number of alkyl halides is 3. The molecule has 10 heteroatoms. The van der Waals surface area contributed by atoms with Gasteiger partial charge in [0, 0.05) is 34.9 Å². The molecule has 0 fully saturated rings. The first-order valence-electron chi connectivity index (χ1n) is 9.33. The molecule has 5 rings (SSSR count). The zero-order valence-electron chi connectivity index (χ0n) is 16.1. The van der Waals surface area contributed by atoms with Crippen LogP contribution < -0.4 is 0 Å². The molecule has 0 atom stereocenters. The van der Waals surface area contributed by atoms with E-state index in [-0.39, 0.29) is 0 Å². The van der Waals surface area contributed by atoms with Gasteiger partial charge < -0.3 is 0 Å². The second-order valence-corrected chi connectivity index (χ2v) is 7.74. The first-order chi connectivity index (χ1) is 15.3. The molecule has 3 heterocycles. The number of hydrogen-bond donors (Lipinski definition) is 0. The molecule has 0 radical (unpaired) electrons. The molecule has 0 amide bonds. The van der Waals surface area contributed by atoms with Gasteiger partial charge in [-0.2, -0.15) is 18.3 Å². The highest BCUT2D eigenvalue weighted by atomic mass is 35.5. The molecule has 0 aliphatic heterocycles. The highest BCUT2D eigenvalue weighted by Crippen LogP contribution is 2.37. The third-order valence-electron chi connectivity index (χ3n) is 4.90. The van der Waals surface area contributed by atoms with Crippen molar-refractivity contribution in [3.05, 3.63) is 88.8 Å². The number of hydrogen-bond acceptors (Lipinski definition) is 3. The third-order valence-corrected chi connectivity index (χ3v) is 5.47. The molecule has 0 unspecified atom stereocenters. The summed E-state index contributed by atoms with van der Waals surface area (Å²) in [6.45, 7) is 0. The average Bonchev–Trinajstić information content (AvgIpc) is 3.39. The summed E-state index contributed by atoms with van der Waals surface area (Å²) < 4.78 is 42.2. The summed E-state index contributed by atoms with van der Waals surface area (Å²) in [6.07, 6.45) is 0.396. The molecule has 0 bridgehead atoms. The highest BCUT2D eigenvalue weighted by molar-refractivity contribution is 6.35. The van der Waals surface area contributed by atoms with E-state index < -0.39 is 11.7 Å². The first kappa shape index (κ1) is 20.5. The predicted octanol–water partition coefficient (Wildman–Crippen LogP) is 6.57. The summed E-state index contributed by atoms with van der Waals surface area (Å²) >= 11 is 12.6. The van der Waals surface area contributed by atoms with Gasteiger partial charge in [0.25, 0.3) is 0 Å². The van der Waals surface area contributed by atoms with Gasteiger partial charge in [-0.1, -0.05) is 23.2 Å². The number of rotatable bonds is 3. The van der Waals surface area contributed by atoms with E-state index in [0.717, 1.165) is 12.1 Å². The Balaban J connectivity index is 1.74. The second kappa shape index (κ2) is 7.65. The SMILES string of the molecule is FC(F)(F)c1ccc(-n2ccnc2-c2c(-c3cc(Cl)ccc3Cl)nc3cccnn23)cc1. The fourth-order valence-corrected chi connectivity index (χ4v) is 3.83. The number of imidazole rings is 2. The van der Waals surface area contributed by atoms with Crippen LogP contribution in [0.1, 0.15) is 5.56 Å². The standard InChI is InChI=1S/C22H12Cl2F3N5/c23-14-5-8-17(24)16(12-14)19-20(32-18(30-19)2-1-9-29-32)21-28-10-11-31(21)15-6-3-13(4-7-15)22(25,26)27/h1-12H. The maximum Gasteiger partial charge on any atom is 0.416 e. The lowest BCUT2D eigenvalue weighted by Crippen LogP contribution is -2.06. The molecule has 160 valence electrons. The predicted molar refractivity (Wildman–Crippen MR) is 116 cm³/mol. The van der Waals surface area contributed by atoms with Crippen LogP contribution in [0.25, 0.3) is 34.1 Å². The van der Waals surface area contributed by atoms with Gasteiger partial charge in [0.15, 0.2) is 11.5 Å². The Labute approximate surface area is 189 Å². The lowest BCUT2D eigenvalue weighted by atomic mass is 10.1. The molecular weight excluding hydrogens is 462 g/mol. The molecule has 0 N–H and O–H groups in total. The summed E-state index contributed by atoms with van der Waals surface area (Å²) in [5.74, 6) is 0.432. The summed E-state index contributed by atoms with van der Waals surface area (Å²) in [4.78, 5) is 9.14. The minimum atomic E-state index is -4.42. The smallest absolute Gasteiger partial charge is 0.298 e. The van der Waals surface area contributed by atoms with Crippen LogP contribution in [-0.2, 0) is 6.18 Å². The van der Waals surface area contributed by atoms with Gasteiger partial charge >= 0.3 is 6.18 Å². The van der Waals surface area contributed by atoms with Crippen LogP contribution >= 0.6 is 23.2 Å². The molecule has 32 heavy (non-hydrogen) atoms. The largest absolute Gasteiger partial charge is 0.416 e. The van der Waals surface area contributed by atoms with Gasteiger partial charge in [-0.05, 0) is 54.6 Å². The Bertz CT molecular complexity index is 1440. The summed E-state index contributed by atoms with van der Waals surface area (Å²) in [6, 6.07) is 13.4. The number of aromatic nitrogens is 5. The molecule has 0 aliphatic carbocycles. The van der Waals surface area contributed by atoms with Crippen LogP contribution in [0.5, 0.6) is 0 Å². The van der Waals surface area contributed by atoms with Crippen molar-refractivity contribution in [2.45, 2.75) is 6.18 Å². The van der Waals surface area contributed by atoms with Gasteiger partial charge in [0.1, 0.15) is 11.4 Å². The van der Waals surface area contributed by atoms with Crippen molar-refractivity contribution in [1.82, 2.24) is 24.1 Å². The third kappa shape index (κ3) is 3.51. The molecule has 5 nitrogen and oxygen atoms in total. The molecule has 0 aliphatic rings. The zero-order valence-corrected chi connectivity index (χ0v) is 17.6. The van der Waals surface area contributed by atoms with Crippen molar-refractivity contribution < 1.29 is 13.2 Å². The molecule has 5 aromatic rings. The minimum Gasteiger partial charge on any atom is -0.298 e. The molecule has 2 aromatic carbocycles. The van der Waals surface area contributed by atoms with E-state index in [0.29, 0.717) is 44.2 Å². The Morgan fingerprint density at radius 2 is 1.69 bits per heavy atom. The van der Waals surface area contributed by atoms with Gasteiger partial charge in [0.05, 0.1) is 10.6 Å². The topological polar surface area (TPSA) is 48.0 Å². The van der Waals surface area contributed by atoms with Crippen molar-refractivity contribution in [1.29, 1.82) is 0 Å². The molecule has 3 aromatic heterocycles. The quantitative estimate of drug-likeness (QED) is 0.297. The van der Waals surface area contributed by atoms with Crippen molar-refractivity contribution in [3.8, 4) is 28.5 Å². The van der Waals surface area contributed by atoms with Crippen LogP contribution in [-0.4, -0.2) is 24.1 Å². The Kier molecular flexibility index (Phi) is 4.91. The van der Waals surface area contributed by atoms with Crippen LogP contribution in [0.4, 0.5) is 13.2 Å². The van der Waals surface area contributed by atoms with Crippen molar-refractivity contribution in [3.63, 3.8) is 0 Å². The van der Waals surface area contributed by atoms with Gasteiger partial charge in [-0.3, -0.25) is 4.57 Å². The van der Waals surface area contributed by atoms with Crippen LogP contribution in [0.2, 0.25) is 10.0 Å². The number of halogens is 5. The van der Waals surface area contributed by atoms with Crippen LogP contribution in [0, 0.1) is 0 Å². The van der Waals surface area contributed by atoms with E-state index in [2.05, 4.69) is 15.1 Å². The van der Waals surface area contributed by atoms with E-state index in [1.54, 1.807) is 58.0 Å². The molecule has 0 saturated carbocycles. The Morgan fingerprint density at radius 1 is 0.906 bits per heavy atom. The van der Waals surface area contributed by atoms with E-state index in [4.69, 9.17) is 23.2 Å². The monoisotopic (exact) mass is 473 g/mol. The molecule has 0 saturated heterocycles. The summed E-state index contributed by atoms with van der Waals surface area (Å²) in [5.41, 5.74) is 1.92. The maximum absolute atomic E-state index is 13.0. The highest BCUT2D eigenvalue weighted by Gasteiger charge is 2.30. The van der Waals surface area contributed by atoms with Gasteiger partial charge in [-0.25, -0.2) is 14.5 Å². The minimum absolute atomic E-state index is 0.432. The number of nitrogens with zero attached hydrogens (tertiary/aromatic N) is 5. The summed E-state index contributed by atoms with van der Waals surface area (Å²) in [7, 11) is 0. The van der Waals surface area contributed by atoms with E-state index >= 15 is 0 Å². The van der Waals surface area contributed by atoms with Gasteiger partial charge in [-0.15, -0.1) is 0 Å². The lowest BCUT2D eigenvalue weighted by molar-refractivity contribution is -0.137.